The normalized spacial score (nSPS) is 10.9. The van der Waals surface area contributed by atoms with Gasteiger partial charge in [-0.3, -0.25) is 0 Å². The van der Waals surface area contributed by atoms with Gasteiger partial charge in [0.2, 0.25) is 0 Å². The minimum atomic E-state index is -0.936. The van der Waals surface area contributed by atoms with Crippen molar-refractivity contribution in [1.82, 2.24) is 9.97 Å². The number of aliphatic hydroxyl groups excluding tert-OH is 1. The maximum atomic E-state index is 11.5. The molecule has 1 aromatic heterocycles. The average molecular weight is 390 g/mol. The summed E-state index contributed by atoms with van der Waals surface area (Å²) in [6.07, 6.45) is 3.62. The zero-order valence-corrected chi connectivity index (χ0v) is 16.9. The molecule has 0 spiro atoms. The molecule has 0 aliphatic heterocycles. The number of carboxylic acid groups (broad SMARTS) is 1. The van der Waals surface area contributed by atoms with Crippen molar-refractivity contribution >= 4 is 5.97 Å². The van der Waals surface area contributed by atoms with Crippen LogP contribution in [0.4, 0.5) is 0 Å². The van der Waals surface area contributed by atoms with Gasteiger partial charge in [-0.25, -0.2) is 14.8 Å². The lowest BCUT2D eigenvalue weighted by atomic mass is 9.95. The Bertz CT molecular complexity index is 998. The SMILES string of the molecule is CCCCc1nc(C)nc(CO)c1Cc1ccc(-c2ccccc2C(=O)O)cc1. The number of unbranched alkanes of at least 4 members (excludes halogenated alkanes) is 1. The van der Waals surface area contributed by atoms with Crippen molar-refractivity contribution in [1.29, 1.82) is 0 Å². The predicted octanol–water partition coefficient (Wildman–Crippen LogP) is 4.58. The first-order valence-electron chi connectivity index (χ1n) is 9.91. The zero-order chi connectivity index (χ0) is 20.8. The summed E-state index contributed by atoms with van der Waals surface area (Å²) in [4.78, 5) is 20.5. The van der Waals surface area contributed by atoms with Crippen LogP contribution in [0.2, 0.25) is 0 Å². The molecule has 2 aromatic carbocycles. The molecule has 5 heteroatoms. The van der Waals surface area contributed by atoms with E-state index in [2.05, 4.69) is 16.9 Å². The summed E-state index contributed by atoms with van der Waals surface area (Å²) < 4.78 is 0. The Morgan fingerprint density at radius 3 is 2.34 bits per heavy atom. The Hall–Kier alpha value is -3.05. The molecule has 0 unspecified atom stereocenters. The monoisotopic (exact) mass is 390 g/mol. The van der Waals surface area contributed by atoms with Gasteiger partial charge < -0.3 is 10.2 Å². The van der Waals surface area contributed by atoms with E-state index in [1.54, 1.807) is 12.1 Å². The van der Waals surface area contributed by atoms with Crippen LogP contribution in [0.3, 0.4) is 0 Å². The molecule has 3 rings (SSSR count). The molecule has 0 bridgehead atoms. The number of nitrogens with zero attached hydrogens (tertiary/aromatic N) is 2. The first-order chi connectivity index (χ1) is 14.0. The number of aromatic nitrogens is 2. The lowest BCUT2D eigenvalue weighted by Gasteiger charge is -2.14. The number of hydrogen-bond donors (Lipinski definition) is 2. The van der Waals surface area contributed by atoms with Crippen LogP contribution in [-0.2, 0) is 19.4 Å². The van der Waals surface area contributed by atoms with Crippen LogP contribution >= 0.6 is 0 Å². The quantitative estimate of drug-likeness (QED) is 0.588. The third-order valence-corrected chi connectivity index (χ3v) is 5.01. The van der Waals surface area contributed by atoms with Crippen molar-refractivity contribution in [3.63, 3.8) is 0 Å². The smallest absolute Gasteiger partial charge is 0.336 e. The van der Waals surface area contributed by atoms with E-state index in [4.69, 9.17) is 0 Å². The Balaban J connectivity index is 1.92. The number of aryl methyl sites for hydroxylation is 2. The van der Waals surface area contributed by atoms with Gasteiger partial charge in [-0.2, -0.15) is 0 Å². The molecule has 2 N–H and O–H groups in total. The molecule has 0 amide bonds. The molecular formula is C24H26N2O3. The van der Waals surface area contributed by atoms with Gasteiger partial charge in [0.15, 0.2) is 0 Å². The predicted molar refractivity (Wildman–Crippen MR) is 113 cm³/mol. The molecule has 3 aromatic rings. The lowest BCUT2D eigenvalue weighted by molar-refractivity contribution is 0.0697. The average Bonchev–Trinajstić information content (AvgIpc) is 2.74. The van der Waals surface area contributed by atoms with Crippen LogP contribution in [0.15, 0.2) is 48.5 Å². The van der Waals surface area contributed by atoms with Crippen molar-refractivity contribution in [2.24, 2.45) is 0 Å². The first kappa shape index (κ1) is 20.7. The second-order valence-corrected chi connectivity index (χ2v) is 7.13. The minimum absolute atomic E-state index is 0.109. The number of hydrogen-bond acceptors (Lipinski definition) is 4. The van der Waals surface area contributed by atoms with Gasteiger partial charge in [-0.1, -0.05) is 55.8 Å². The molecule has 0 atom stereocenters. The van der Waals surface area contributed by atoms with E-state index in [9.17, 15) is 15.0 Å². The number of carbonyl (C=O) groups is 1. The van der Waals surface area contributed by atoms with E-state index >= 15 is 0 Å². The fraction of sp³-hybridized carbons (Fsp3) is 0.292. The Kier molecular flexibility index (Phi) is 6.73. The summed E-state index contributed by atoms with van der Waals surface area (Å²) in [5, 5.41) is 19.2. The molecule has 0 saturated carbocycles. The fourth-order valence-corrected chi connectivity index (χ4v) is 3.53. The van der Waals surface area contributed by atoms with Crippen LogP contribution < -0.4 is 0 Å². The van der Waals surface area contributed by atoms with Crippen molar-refractivity contribution in [2.75, 3.05) is 0 Å². The van der Waals surface area contributed by atoms with Gasteiger partial charge in [0, 0.05) is 17.7 Å². The molecule has 150 valence electrons. The molecule has 0 fully saturated rings. The van der Waals surface area contributed by atoms with Gasteiger partial charge in [0.1, 0.15) is 5.82 Å². The Labute approximate surface area is 171 Å². The molecule has 0 radical (unpaired) electrons. The van der Waals surface area contributed by atoms with Crippen molar-refractivity contribution in [2.45, 2.75) is 46.1 Å². The summed E-state index contributed by atoms with van der Waals surface area (Å²) >= 11 is 0. The number of carboxylic acids is 1. The second-order valence-electron chi connectivity index (χ2n) is 7.13. The topological polar surface area (TPSA) is 83.3 Å². The van der Waals surface area contributed by atoms with Gasteiger partial charge in [0.05, 0.1) is 17.9 Å². The summed E-state index contributed by atoms with van der Waals surface area (Å²) in [6, 6.07) is 14.9. The molecule has 0 saturated heterocycles. The highest BCUT2D eigenvalue weighted by Crippen LogP contribution is 2.26. The number of rotatable bonds is 8. The van der Waals surface area contributed by atoms with Crippen LogP contribution in [0.1, 0.15) is 58.5 Å². The van der Waals surface area contributed by atoms with E-state index in [0.717, 1.165) is 41.6 Å². The highest BCUT2D eigenvalue weighted by atomic mass is 16.4. The maximum absolute atomic E-state index is 11.5. The zero-order valence-electron chi connectivity index (χ0n) is 16.9. The highest BCUT2D eigenvalue weighted by molar-refractivity contribution is 5.95. The Morgan fingerprint density at radius 1 is 1.00 bits per heavy atom. The lowest BCUT2D eigenvalue weighted by Crippen LogP contribution is -2.09. The molecular weight excluding hydrogens is 364 g/mol. The van der Waals surface area contributed by atoms with Crippen LogP contribution in [0.5, 0.6) is 0 Å². The van der Waals surface area contributed by atoms with E-state index in [0.29, 0.717) is 23.5 Å². The molecule has 1 heterocycles. The number of benzene rings is 2. The summed E-state index contributed by atoms with van der Waals surface area (Å²) in [5.74, 6) is -0.251. The van der Waals surface area contributed by atoms with E-state index in [-0.39, 0.29) is 12.2 Å². The number of aromatic carboxylic acids is 1. The highest BCUT2D eigenvalue weighted by Gasteiger charge is 2.14. The van der Waals surface area contributed by atoms with Gasteiger partial charge in [0.25, 0.3) is 0 Å². The van der Waals surface area contributed by atoms with E-state index in [1.165, 1.54) is 0 Å². The molecule has 0 aliphatic rings. The van der Waals surface area contributed by atoms with Crippen LogP contribution in [-0.4, -0.2) is 26.2 Å². The maximum Gasteiger partial charge on any atom is 0.336 e. The third-order valence-electron chi connectivity index (χ3n) is 5.01. The van der Waals surface area contributed by atoms with Crippen LogP contribution in [0.25, 0.3) is 11.1 Å². The first-order valence-corrected chi connectivity index (χ1v) is 9.91. The van der Waals surface area contributed by atoms with Gasteiger partial charge in [-0.05, 0) is 42.5 Å². The molecule has 29 heavy (non-hydrogen) atoms. The largest absolute Gasteiger partial charge is 0.478 e. The fourth-order valence-electron chi connectivity index (χ4n) is 3.53. The molecule has 0 aliphatic carbocycles. The van der Waals surface area contributed by atoms with Gasteiger partial charge in [-0.15, -0.1) is 0 Å². The van der Waals surface area contributed by atoms with E-state index in [1.807, 2.05) is 43.3 Å². The second kappa shape index (κ2) is 9.43. The summed E-state index contributed by atoms with van der Waals surface area (Å²) in [6.45, 7) is 3.89. The molecule has 5 nitrogen and oxygen atoms in total. The third kappa shape index (κ3) is 4.87. The Morgan fingerprint density at radius 2 is 1.69 bits per heavy atom. The minimum Gasteiger partial charge on any atom is -0.478 e. The van der Waals surface area contributed by atoms with Crippen molar-refractivity contribution < 1.29 is 15.0 Å². The van der Waals surface area contributed by atoms with Crippen molar-refractivity contribution in [3.05, 3.63) is 82.4 Å². The summed E-state index contributed by atoms with van der Waals surface area (Å²) in [7, 11) is 0. The number of aliphatic hydroxyl groups is 1. The van der Waals surface area contributed by atoms with Gasteiger partial charge >= 0.3 is 5.97 Å². The van der Waals surface area contributed by atoms with E-state index < -0.39 is 5.97 Å². The summed E-state index contributed by atoms with van der Waals surface area (Å²) in [5.41, 5.74) is 5.60. The van der Waals surface area contributed by atoms with Crippen molar-refractivity contribution in [3.8, 4) is 11.1 Å². The van der Waals surface area contributed by atoms with Crippen LogP contribution in [0, 0.1) is 6.92 Å². The standard InChI is InChI=1S/C24H26N2O3/c1-3-4-9-22-21(23(15-27)26-16(2)25-22)14-17-10-12-18(13-11-17)19-7-5-6-8-20(19)24(28)29/h5-8,10-13,27H,3-4,9,14-15H2,1-2H3,(H,28,29).